The van der Waals surface area contributed by atoms with E-state index >= 15 is 0 Å². The summed E-state index contributed by atoms with van der Waals surface area (Å²) in [7, 11) is 0. The first-order valence-corrected chi connectivity index (χ1v) is 4.40. The predicted molar refractivity (Wildman–Crippen MR) is 55.7 cm³/mol. The van der Waals surface area contributed by atoms with Gasteiger partial charge < -0.3 is 5.11 Å². The summed E-state index contributed by atoms with van der Waals surface area (Å²) in [5.41, 5.74) is 1.59. The number of phenols is 1. The van der Waals surface area contributed by atoms with Crippen molar-refractivity contribution in [2.45, 2.75) is 6.92 Å². The SMILES string of the molecule is Cc1cccc2c(C=O)ccc(O)c12. The second kappa shape index (κ2) is 3.14. The van der Waals surface area contributed by atoms with Gasteiger partial charge in [0.1, 0.15) is 5.75 Å². The zero-order valence-corrected chi connectivity index (χ0v) is 7.82. The van der Waals surface area contributed by atoms with E-state index in [0.29, 0.717) is 5.56 Å². The molecule has 1 N–H and O–H groups in total. The van der Waals surface area contributed by atoms with E-state index in [2.05, 4.69) is 0 Å². The van der Waals surface area contributed by atoms with Crippen molar-refractivity contribution in [2.75, 3.05) is 0 Å². The first-order valence-electron chi connectivity index (χ1n) is 4.40. The summed E-state index contributed by atoms with van der Waals surface area (Å²) in [5.74, 6) is 0.226. The van der Waals surface area contributed by atoms with Gasteiger partial charge >= 0.3 is 0 Å². The Balaban J connectivity index is 2.98. The van der Waals surface area contributed by atoms with Gasteiger partial charge in [-0.2, -0.15) is 0 Å². The van der Waals surface area contributed by atoms with Crippen molar-refractivity contribution in [1.29, 1.82) is 0 Å². The molecule has 0 heterocycles. The lowest BCUT2D eigenvalue weighted by atomic mass is 10.0. The number of fused-ring (bicyclic) bond motifs is 1. The van der Waals surface area contributed by atoms with E-state index in [9.17, 15) is 9.90 Å². The smallest absolute Gasteiger partial charge is 0.150 e. The molecule has 0 aliphatic carbocycles. The zero-order valence-electron chi connectivity index (χ0n) is 7.82. The Labute approximate surface area is 81.8 Å². The summed E-state index contributed by atoms with van der Waals surface area (Å²) in [5, 5.41) is 11.2. The van der Waals surface area contributed by atoms with Crippen LogP contribution in [0.15, 0.2) is 30.3 Å². The molecule has 0 saturated carbocycles. The van der Waals surface area contributed by atoms with Crippen molar-refractivity contribution in [3.05, 3.63) is 41.5 Å². The zero-order chi connectivity index (χ0) is 10.1. The third-order valence-electron chi connectivity index (χ3n) is 2.39. The van der Waals surface area contributed by atoms with E-state index in [0.717, 1.165) is 22.6 Å². The molecule has 0 amide bonds. The molecule has 0 fully saturated rings. The number of benzene rings is 2. The molecule has 14 heavy (non-hydrogen) atoms. The minimum Gasteiger partial charge on any atom is -0.507 e. The van der Waals surface area contributed by atoms with Crippen LogP contribution in [0.25, 0.3) is 10.8 Å². The first kappa shape index (κ1) is 8.75. The van der Waals surface area contributed by atoms with Crippen LogP contribution in [0, 0.1) is 6.92 Å². The number of hydrogen-bond acceptors (Lipinski definition) is 2. The number of aromatic hydroxyl groups is 1. The molecule has 2 nitrogen and oxygen atoms in total. The predicted octanol–water partition coefficient (Wildman–Crippen LogP) is 2.67. The number of carbonyl (C=O) groups is 1. The maximum absolute atomic E-state index is 10.8. The Hall–Kier alpha value is -1.83. The van der Waals surface area contributed by atoms with Crippen LogP contribution < -0.4 is 0 Å². The van der Waals surface area contributed by atoms with Crippen LogP contribution in [0.4, 0.5) is 0 Å². The molecule has 0 bridgehead atoms. The van der Waals surface area contributed by atoms with Crippen LogP contribution in [-0.4, -0.2) is 11.4 Å². The van der Waals surface area contributed by atoms with Gasteiger partial charge in [-0.05, 0) is 30.0 Å². The summed E-state index contributed by atoms with van der Waals surface area (Å²) in [6, 6.07) is 8.82. The first-order chi connectivity index (χ1) is 6.74. The van der Waals surface area contributed by atoms with Gasteiger partial charge in [0.2, 0.25) is 0 Å². The number of rotatable bonds is 1. The van der Waals surface area contributed by atoms with Gasteiger partial charge in [-0.15, -0.1) is 0 Å². The molecule has 2 rings (SSSR count). The Kier molecular flexibility index (Phi) is 1.97. The lowest BCUT2D eigenvalue weighted by Crippen LogP contribution is -1.86. The molecule has 0 aromatic heterocycles. The lowest BCUT2D eigenvalue weighted by molar-refractivity contribution is 0.112. The minimum atomic E-state index is 0.226. The third-order valence-corrected chi connectivity index (χ3v) is 2.39. The maximum atomic E-state index is 10.8. The van der Waals surface area contributed by atoms with Crippen LogP contribution in [0.3, 0.4) is 0 Å². The van der Waals surface area contributed by atoms with E-state index in [4.69, 9.17) is 0 Å². The monoisotopic (exact) mass is 186 g/mol. The number of carbonyl (C=O) groups excluding carboxylic acids is 1. The molecule has 2 heteroatoms. The summed E-state index contributed by atoms with van der Waals surface area (Å²) in [6.45, 7) is 1.91. The van der Waals surface area contributed by atoms with E-state index < -0.39 is 0 Å². The van der Waals surface area contributed by atoms with Gasteiger partial charge in [0, 0.05) is 10.9 Å². The minimum absolute atomic E-state index is 0.226. The van der Waals surface area contributed by atoms with Gasteiger partial charge in [0.25, 0.3) is 0 Å². The summed E-state index contributed by atoms with van der Waals surface area (Å²) in [6.07, 6.45) is 0.807. The fraction of sp³-hybridized carbons (Fsp3) is 0.0833. The maximum Gasteiger partial charge on any atom is 0.150 e. The van der Waals surface area contributed by atoms with Crippen LogP contribution in [0.2, 0.25) is 0 Å². The average molecular weight is 186 g/mol. The summed E-state index contributed by atoms with van der Waals surface area (Å²) >= 11 is 0. The van der Waals surface area contributed by atoms with Gasteiger partial charge in [0.05, 0.1) is 0 Å². The van der Waals surface area contributed by atoms with Gasteiger partial charge in [-0.1, -0.05) is 18.2 Å². The van der Waals surface area contributed by atoms with E-state index in [1.54, 1.807) is 12.1 Å². The molecule has 0 aliphatic heterocycles. The quantitative estimate of drug-likeness (QED) is 0.695. The summed E-state index contributed by atoms with van der Waals surface area (Å²) < 4.78 is 0. The highest BCUT2D eigenvalue weighted by molar-refractivity contribution is 6.02. The molecule has 0 atom stereocenters. The van der Waals surface area contributed by atoms with E-state index in [-0.39, 0.29) is 5.75 Å². The number of aryl methyl sites for hydroxylation is 1. The van der Waals surface area contributed by atoms with E-state index in [1.807, 2.05) is 25.1 Å². The highest BCUT2D eigenvalue weighted by atomic mass is 16.3. The molecule has 0 radical (unpaired) electrons. The van der Waals surface area contributed by atoms with Gasteiger partial charge in [-0.3, -0.25) is 4.79 Å². The lowest BCUT2D eigenvalue weighted by Gasteiger charge is -2.05. The number of aldehydes is 1. The van der Waals surface area contributed by atoms with Crippen LogP contribution in [0.5, 0.6) is 5.75 Å². The Morgan fingerprint density at radius 3 is 2.71 bits per heavy atom. The van der Waals surface area contributed by atoms with E-state index in [1.165, 1.54) is 0 Å². The van der Waals surface area contributed by atoms with Crippen LogP contribution in [-0.2, 0) is 0 Å². The molecule has 0 unspecified atom stereocenters. The van der Waals surface area contributed by atoms with Crippen molar-refractivity contribution in [1.82, 2.24) is 0 Å². The second-order valence-corrected chi connectivity index (χ2v) is 3.29. The molecule has 2 aromatic carbocycles. The molecular weight excluding hydrogens is 176 g/mol. The third kappa shape index (κ3) is 1.16. The van der Waals surface area contributed by atoms with Crippen LogP contribution in [0.1, 0.15) is 15.9 Å². The average Bonchev–Trinajstić information content (AvgIpc) is 2.18. The Bertz CT molecular complexity index is 493. The molecular formula is C12H10O2. The number of phenolic OH excluding ortho intramolecular Hbond substituents is 1. The molecule has 0 spiro atoms. The second-order valence-electron chi connectivity index (χ2n) is 3.29. The topological polar surface area (TPSA) is 37.3 Å². The van der Waals surface area contributed by atoms with Crippen molar-refractivity contribution in [2.24, 2.45) is 0 Å². The molecule has 2 aromatic rings. The van der Waals surface area contributed by atoms with Crippen molar-refractivity contribution in [3.8, 4) is 5.75 Å². The molecule has 0 aliphatic rings. The summed E-state index contributed by atoms with van der Waals surface area (Å²) in [4.78, 5) is 10.8. The normalized spacial score (nSPS) is 10.4. The largest absolute Gasteiger partial charge is 0.507 e. The van der Waals surface area contributed by atoms with Gasteiger partial charge in [-0.25, -0.2) is 0 Å². The van der Waals surface area contributed by atoms with Crippen molar-refractivity contribution < 1.29 is 9.90 Å². The fourth-order valence-corrected chi connectivity index (χ4v) is 1.69. The standard InChI is InChI=1S/C12H10O2/c1-8-3-2-4-10-9(7-13)5-6-11(14)12(8)10/h2-7,14H,1H3. The van der Waals surface area contributed by atoms with Gasteiger partial charge in [0.15, 0.2) is 6.29 Å². The highest BCUT2D eigenvalue weighted by Gasteiger charge is 2.05. The molecule has 70 valence electrons. The fourth-order valence-electron chi connectivity index (χ4n) is 1.69. The van der Waals surface area contributed by atoms with Crippen molar-refractivity contribution >= 4 is 17.1 Å². The number of hydrogen-bond donors (Lipinski definition) is 1. The highest BCUT2D eigenvalue weighted by Crippen LogP contribution is 2.29. The molecule has 0 saturated heterocycles. The Morgan fingerprint density at radius 2 is 2.00 bits per heavy atom. The Morgan fingerprint density at radius 1 is 1.21 bits per heavy atom. The van der Waals surface area contributed by atoms with Crippen LogP contribution >= 0.6 is 0 Å². The van der Waals surface area contributed by atoms with Crippen molar-refractivity contribution in [3.63, 3.8) is 0 Å².